The first-order chi connectivity index (χ1) is 22.8. The summed E-state index contributed by atoms with van der Waals surface area (Å²) in [6.07, 6.45) is 3.74. The van der Waals surface area contributed by atoms with E-state index in [-0.39, 0.29) is 39.3 Å². The number of carbonyl (C=O) groups is 3. The van der Waals surface area contributed by atoms with Crippen LogP contribution in [0.1, 0.15) is 79.0 Å². The summed E-state index contributed by atoms with van der Waals surface area (Å²) in [5.74, 6) is -1.83. The van der Waals surface area contributed by atoms with Crippen molar-refractivity contribution in [3.8, 4) is 16.9 Å². The molecule has 4 rings (SSSR count). The van der Waals surface area contributed by atoms with E-state index in [1.54, 1.807) is 49.7 Å². The van der Waals surface area contributed by atoms with Crippen molar-refractivity contribution in [2.75, 3.05) is 25.0 Å². The number of piperidine rings is 1. The Kier molecular flexibility index (Phi) is 11.5. The third kappa shape index (κ3) is 10.1. The summed E-state index contributed by atoms with van der Waals surface area (Å²) in [6, 6.07) is 3.97. The van der Waals surface area contributed by atoms with Gasteiger partial charge in [-0.1, -0.05) is 23.2 Å². The number of halogens is 3. The van der Waals surface area contributed by atoms with Crippen molar-refractivity contribution >= 4 is 47.1 Å². The monoisotopic (exact) mass is 722 g/mol. The molecule has 3 heterocycles. The maximum Gasteiger partial charge on any atom is 0.410 e. The molecule has 1 aliphatic heterocycles. The third-order valence-electron chi connectivity index (χ3n) is 7.26. The van der Waals surface area contributed by atoms with Gasteiger partial charge in [0, 0.05) is 47.1 Å². The summed E-state index contributed by atoms with van der Waals surface area (Å²) in [7, 11) is 0. The molecule has 1 fully saturated rings. The minimum Gasteiger partial charge on any atom is -0.710 e. The Morgan fingerprint density at radius 1 is 1.08 bits per heavy atom. The van der Waals surface area contributed by atoms with Crippen molar-refractivity contribution in [1.29, 1.82) is 0 Å². The highest BCUT2D eigenvalue weighted by atomic mass is 35.5. The number of rotatable bonds is 8. The van der Waals surface area contributed by atoms with Gasteiger partial charge in [0.15, 0.2) is 0 Å². The number of nitrogens with zero attached hydrogens (tertiary/aromatic N) is 4. The number of hydrogen-bond donors (Lipinski definition) is 2. The first-order valence-electron chi connectivity index (χ1n) is 15.7. The summed E-state index contributed by atoms with van der Waals surface area (Å²) < 4.78 is 33.3. The Hall–Kier alpha value is -4.30. The summed E-state index contributed by atoms with van der Waals surface area (Å²) in [4.78, 5) is 39.1. The van der Waals surface area contributed by atoms with Crippen LogP contribution in [0.25, 0.3) is 11.1 Å². The third-order valence-corrected chi connectivity index (χ3v) is 7.98. The molecule has 0 aliphatic carbocycles. The maximum atomic E-state index is 14.4. The lowest BCUT2D eigenvalue weighted by atomic mass is 10.1. The van der Waals surface area contributed by atoms with Crippen LogP contribution in [0.4, 0.5) is 19.8 Å². The lowest BCUT2D eigenvalue weighted by Crippen LogP contribution is -2.42. The van der Waals surface area contributed by atoms with Crippen LogP contribution in [0.15, 0.2) is 36.8 Å². The predicted octanol–water partition coefficient (Wildman–Crippen LogP) is 6.80. The highest BCUT2D eigenvalue weighted by molar-refractivity contribution is 6.36. The van der Waals surface area contributed by atoms with Gasteiger partial charge in [0.1, 0.15) is 35.9 Å². The standard InChI is InChI=1S/C33H41Cl2FN6O7/c1-19(27-23(34)8-9-24(36)28(27)35)47-25-14-20(18-42(46)29(25)39-26(43)16-37-30(44)48-32(2,3)4)21-15-38-41(17-21)22-10-12-40(13-11-22)31(45)49-33(5,6)7/h8-9,14-15,17-19,22H,10-13,16H2,1-7H3,(H,37,44)(H,39,43)/t19-/m1/s1. The fourth-order valence-corrected chi connectivity index (χ4v) is 5.72. The van der Waals surface area contributed by atoms with E-state index < -0.39 is 41.7 Å². The number of aromatic nitrogens is 3. The summed E-state index contributed by atoms with van der Waals surface area (Å²) in [6.45, 7) is 12.5. The van der Waals surface area contributed by atoms with Gasteiger partial charge in [0.05, 0.1) is 17.3 Å². The average Bonchev–Trinajstić information content (AvgIpc) is 3.49. The Morgan fingerprint density at radius 3 is 2.37 bits per heavy atom. The first-order valence-corrected chi connectivity index (χ1v) is 16.4. The van der Waals surface area contributed by atoms with Gasteiger partial charge in [-0.25, -0.2) is 28.8 Å². The molecule has 13 nitrogen and oxygen atoms in total. The summed E-state index contributed by atoms with van der Waals surface area (Å²) in [5.41, 5.74) is -0.259. The topological polar surface area (TPSA) is 151 Å². The van der Waals surface area contributed by atoms with Gasteiger partial charge in [-0.15, -0.1) is 0 Å². The number of ether oxygens (including phenoxy) is 3. The van der Waals surface area contributed by atoms with Crippen molar-refractivity contribution in [3.63, 3.8) is 0 Å². The van der Waals surface area contributed by atoms with Crippen LogP contribution in [0.5, 0.6) is 5.75 Å². The highest BCUT2D eigenvalue weighted by Gasteiger charge is 2.29. The van der Waals surface area contributed by atoms with Crippen molar-refractivity contribution in [3.05, 3.63) is 63.4 Å². The van der Waals surface area contributed by atoms with E-state index in [4.69, 9.17) is 37.4 Å². The number of hydrogen-bond acceptors (Lipinski definition) is 8. The number of pyridine rings is 1. The highest BCUT2D eigenvalue weighted by Crippen LogP contribution is 2.37. The molecule has 0 saturated carbocycles. The molecule has 0 spiro atoms. The molecule has 1 atom stereocenters. The van der Waals surface area contributed by atoms with Crippen LogP contribution in [-0.2, 0) is 14.3 Å². The number of carbonyl (C=O) groups excluding carboxylic acids is 3. The molecule has 1 aliphatic rings. The van der Waals surface area contributed by atoms with E-state index in [1.807, 2.05) is 20.8 Å². The smallest absolute Gasteiger partial charge is 0.410 e. The fourth-order valence-electron chi connectivity index (χ4n) is 5.04. The molecule has 2 aromatic heterocycles. The van der Waals surface area contributed by atoms with Crippen LogP contribution in [0, 0.1) is 11.0 Å². The Labute approximate surface area is 294 Å². The van der Waals surface area contributed by atoms with Crippen molar-refractivity contribution < 1.29 is 37.7 Å². The molecule has 3 aromatic rings. The van der Waals surface area contributed by atoms with E-state index in [9.17, 15) is 24.0 Å². The lowest BCUT2D eigenvalue weighted by Gasteiger charge is -2.33. The molecule has 1 aromatic carbocycles. The zero-order valence-corrected chi connectivity index (χ0v) is 29.9. The largest absolute Gasteiger partial charge is 0.710 e. The van der Waals surface area contributed by atoms with E-state index in [0.717, 1.165) is 6.07 Å². The normalized spacial score (nSPS) is 14.6. The van der Waals surface area contributed by atoms with Crippen LogP contribution in [0.2, 0.25) is 10.0 Å². The van der Waals surface area contributed by atoms with Gasteiger partial charge in [0.2, 0.25) is 5.75 Å². The summed E-state index contributed by atoms with van der Waals surface area (Å²) >= 11 is 12.6. The van der Waals surface area contributed by atoms with Crippen LogP contribution >= 0.6 is 23.2 Å². The van der Waals surface area contributed by atoms with Crippen LogP contribution in [-0.4, -0.2) is 63.6 Å². The van der Waals surface area contributed by atoms with Gasteiger partial charge in [-0.3, -0.25) is 4.68 Å². The molecule has 0 bridgehead atoms. The second-order valence-electron chi connectivity index (χ2n) is 13.6. The molecule has 2 N–H and O–H groups in total. The van der Waals surface area contributed by atoms with E-state index >= 15 is 0 Å². The Balaban J connectivity index is 1.58. The number of anilines is 1. The number of likely N-dealkylation sites (tertiary alicyclic amines) is 1. The molecular weight excluding hydrogens is 682 g/mol. The van der Waals surface area contributed by atoms with Crippen LogP contribution < -0.4 is 20.1 Å². The van der Waals surface area contributed by atoms with Crippen molar-refractivity contribution in [2.24, 2.45) is 0 Å². The predicted molar refractivity (Wildman–Crippen MR) is 181 cm³/mol. The molecule has 3 amide bonds. The molecule has 16 heteroatoms. The zero-order chi connectivity index (χ0) is 36.3. The van der Waals surface area contributed by atoms with Crippen LogP contribution in [0.3, 0.4) is 0 Å². The molecule has 1 saturated heterocycles. The Morgan fingerprint density at radius 2 is 1.73 bits per heavy atom. The first kappa shape index (κ1) is 37.5. The second kappa shape index (κ2) is 15.1. The summed E-state index contributed by atoms with van der Waals surface area (Å²) in [5, 5.41) is 22.6. The molecule has 49 heavy (non-hydrogen) atoms. The minimum atomic E-state index is -0.973. The molecule has 0 radical (unpaired) electrons. The van der Waals surface area contributed by atoms with Gasteiger partial charge < -0.3 is 29.6 Å². The van der Waals surface area contributed by atoms with Gasteiger partial charge in [-0.2, -0.15) is 5.10 Å². The molecular formula is C33H41Cl2FN6O7. The van der Waals surface area contributed by atoms with E-state index in [1.165, 1.54) is 18.3 Å². The number of nitrogens with one attached hydrogen (secondary N) is 2. The fraction of sp³-hybridized carbons (Fsp3) is 0.485. The zero-order valence-electron chi connectivity index (χ0n) is 28.4. The molecule has 266 valence electrons. The Bertz CT molecular complexity index is 1700. The average molecular weight is 724 g/mol. The maximum absolute atomic E-state index is 14.4. The number of amides is 3. The molecule has 0 unspecified atom stereocenters. The lowest BCUT2D eigenvalue weighted by molar-refractivity contribution is -0.589. The number of alkyl carbamates (subject to hydrolysis) is 1. The minimum absolute atomic E-state index is 0.00384. The SMILES string of the molecule is C[C@@H](Oc1cc(-c2cnn(C3CCN(C(=O)OC(C)(C)C)CC3)c2)c[n+]([O-])c1NC(=O)CNC(=O)OC(C)(C)C)c1c(Cl)ccc(F)c1Cl. The number of benzene rings is 1. The van der Waals surface area contributed by atoms with E-state index in [0.29, 0.717) is 41.8 Å². The van der Waals surface area contributed by atoms with Crippen molar-refractivity contribution in [2.45, 2.75) is 84.7 Å². The van der Waals surface area contributed by atoms with Gasteiger partial charge in [0.25, 0.3) is 0 Å². The second-order valence-corrected chi connectivity index (χ2v) is 14.4. The van der Waals surface area contributed by atoms with Crippen molar-refractivity contribution in [1.82, 2.24) is 20.0 Å². The van der Waals surface area contributed by atoms with Gasteiger partial charge >= 0.3 is 23.9 Å². The quantitative estimate of drug-likeness (QED) is 0.146. The van der Waals surface area contributed by atoms with E-state index in [2.05, 4.69) is 15.7 Å². The van der Waals surface area contributed by atoms with Gasteiger partial charge in [-0.05, 0) is 73.4 Å².